The highest BCUT2D eigenvalue weighted by Crippen LogP contribution is 2.27. The normalized spacial score (nSPS) is 16.3. The van der Waals surface area contributed by atoms with E-state index in [-0.39, 0.29) is 37.0 Å². The molecule has 2 heterocycles. The maximum absolute atomic E-state index is 13.3. The van der Waals surface area contributed by atoms with Gasteiger partial charge in [-0.25, -0.2) is 8.42 Å². The van der Waals surface area contributed by atoms with E-state index in [0.29, 0.717) is 0 Å². The van der Waals surface area contributed by atoms with Gasteiger partial charge in [0.15, 0.2) is 0 Å². The fourth-order valence-corrected chi connectivity index (χ4v) is 5.34. The Morgan fingerprint density at radius 1 is 1.11 bits per heavy atom. The highest BCUT2D eigenvalue weighted by atomic mass is 32.2. The maximum Gasteiger partial charge on any atom is 0.573 e. The van der Waals surface area contributed by atoms with Gasteiger partial charge in [-0.05, 0) is 42.3 Å². The van der Waals surface area contributed by atoms with E-state index in [1.54, 1.807) is 6.20 Å². The predicted molar refractivity (Wildman–Crippen MR) is 134 cm³/mol. The Hall–Kier alpha value is -3.19. The molecule has 9 nitrogen and oxygen atoms in total. The monoisotopic (exact) mass is 558 g/mol. The summed E-state index contributed by atoms with van der Waals surface area (Å²) in [6, 6.07) is 6.17. The summed E-state index contributed by atoms with van der Waals surface area (Å²) in [7, 11) is -4.28. The van der Waals surface area contributed by atoms with Crippen molar-refractivity contribution >= 4 is 21.8 Å². The highest BCUT2D eigenvalue weighted by Gasteiger charge is 2.41. The second-order valence-corrected chi connectivity index (χ2v) is 10.1. The molecule has 0 radical (unpaired) electrons. The van der Waals surface area contributed by atoms with E-state index in [2.05, 4.69) is 15.0 Å². The molecule has 0 saturated carbocycles. The molecule has 1 fully saturated rings. The number of carbonyl (C=O) groups is 2. The lowest BCUT2D eigenvalue weighted by Gasteiger charge is -2.39. The number of nitrogens with one attached hydrogen (secondary N) is 1. The number of amides is 2. The van der Waals surface area contributed by atoms with Crippen molar-refractivity contribution in [1.29, 1.82) is 0 Å². The number of alkyl halides is 3. The summed E-state index contributed by atoms with van der Waals surface area (Å²) in [4.78, 5) is 30.4. The van der Waals surface area contributed by atoms with Gasteiger partial charge < -0.3 is 15.0 Å². The number of halogens is 3. The molecule has 1 aromatic heterocycles. The minimum Gasteiger partial charge on any atom is -0.406 e. The van der Waals surface area contributed by atoms with Gasteiger partial charge in [0, 0.05) is 45.0 Å². The van der Waals surface area contributed by atoms with Crippen LogP contribution in [0.2, 0.25) is 0 Å². The van der Waals surface area contributed by atoms with Crippen LogP contribution < -0.4 is 10.1 Å². The van der Waals surface area contributed by atoms with Crippen molar-refractivity contribution in [2.75, 3.05) is 19.6 Å². The Bertz CT molecular complexity index is 1170. The molecule has 0 unspecified atom stereocenters. The first kappa shape index (κ1) is 31.0. The first-order valence-electron chi connectivity index (χ1n) is 12.3. The standard InChI is InChI=1S/C23H27F3N4O5S.C2H6/c1-3-4-18-6-5-17(13-27-18)14-28-22(32)21-15-29(16(2)31)11-12-30(21)36(33,34)20-9-7-19(8-10-20)35-23(24,25)26;1-2/h5-10,13,21H,3-4,11-12,14-15H2,1-2H3,(H,28,32);1-2H3/t21-;/m1./s1. The largest absolute Gasteiger partial charge is 0.573 e. The van der Waals surface area contributed by atoms with Crippen molar-refractivity contribution in [1.82, 2.24) is 19.5 Å². The number of piperazine rings is 1. The lowest BCUT2D eigenvalue weighted by Crippen LogP contribution is -2.61. The summed E-state index contributed by atoms with van der Waals surface area (Å²) in [5.74, 6) is -1.50. The number of ether oxygens (including phenoxy) is 1. The molecule has 1 aliphatic heterocycles. The van der Waals surface area contributed by atoms with Crippen LogP contribution in [0.1, 0.15) is 45.4 Å². The smallest absolute Gasteiger partial charge is 0.406 e. The molecule has 2 aromatic rings. The number of hydrogen-bond acceptors (Lipinski definition) is 6. The lowest BCUT2D eigenvalue weighted by molar-refractivity contribution is -0.274. The van der Waals surface area contributed by atoms with E-state index in [1.165, 1.54) is 11.8 Å². The number of benzene rings is 1. The molecular formula is C25H33F3N4O5S. The number of aromatic nitrogens is 1. The number of aryl methyl sites for hydroxylation is 1. The van der Waals surface area contributed by atoms with E-state index >= 15 is 0 Å². The average molecular weight is 559 g/mol. The highest BCUT2D eigenvalue weighted by molar-refractivity contribution is 7.89. The average Bonchev–Trinajstić information content (AvgIpc) is 2.88. The van der Waals surface area contributed by atoms with Gasteiger partial charge in [0.2, 0.25) is 21.8 Å². The fourth-order valence-electron chi connectivity index (χ4n) is 3.77. The van der Waals surface area contributed by atoms with Crippen molar-refractivity contribution in [3.05, 3.63) is 53.9 Å². The van der Waals surface area contributed by atoms with E-state index in [0.717, 1.165) is 52.7 Å². The third-order valence-electron chi connectivity index (χ3n) is 5.60. The number of sulfonamides is 1. The van der Waals surface area contributed by atoms with Crippen LogP contribution >= 0.6 is 0 Å². The number of hydrogen-bond donors (Lipinski definition) is 1. The Balaban J connectivity index is 0.00000247. The number of nitrogens with zero attached hydrogens (tertiary/aromatic N) is 3. The summed E-state index contributed by atoms with van der Waals surface area (Å²) in [6.45, 7) is 7.21. The molecular weight excluding hydrogens is 525 g/mol. The van der Waals surface area contributed by atoms with Gasteiger partial charge in [-0.3, -0.25) is 14.6 Å². The van der Waals surface area contributed by atoms with Gasteiger partial charge in [-0.15, -0.1) is 13.2 Å². The molecule has 0 spiro atoms. The fraction of sp³-hybridized carbons (Fsp3) is 0.480. The summed E-state index contributed by atoms with van der Waals surface area (Å²) in [5, 5.41) is 2.70. The van der Waals surface area contributed by atoms with E-state index in [9.17, 15) is 31.2 Å². The zero-order chi connectivity index (χ0) is 28.5. The summed E-state index contributed by atoms with van der Waals surface area (Å²) < 4.78 is 68.7. The molecule has 210 valence electrons. The van der Waals surface area contributed by atoms with E-state index in [4.69, 9.17) is 0 Å². The molecule has 1 aromatic carbocycles. The van der Waals surface area contributed by atoms with Gasteiger partial charge in [-0.2, -0.15) is 4.31 Å². The zero-order valence-corrected chi connectivity index (χ0v) is 22.6. The van der Waals surface area contributed by atoms with Crippen molar-refractivity contribution in [2.24, 2.45) is 0 Å². The van der Waals surface area contributed by atoms with Crippen molar-refractivity contribution in [3.8, 4) is 5.75 Å². The van der Waals surface area contributed by atoms with Gasteiger partial charge in [0.05, 0.1) is 4.90 Å². The second kappa shape index (κ2) is 13.6. The van der Waals surface area contributed by atoms with Crippen molar-refractivity contribution in [3.63, 3.8) is 0 Å². The lowest BCUT2D eigenvalue weighted by atomic mass is 10.1. The second-order valence-electron chi connectivity index (χ2n) is 8.24. The van der Waals surface area contributed by atoms with Crippen LogP contribution in [0.3, 0.4) is 0 Å². The van der Waals surface area contributed by atoms with Crippen LogP contribution in [0.5, 0.6) is 5.75 Å². The molecule has 1 N–H and O–H groups in total. The number of pyridine rings is 1. The first-order valence-corrected chi connectivity index (χ1v) is 13.7. The third-order valence-corrected chi connectivity index (χ3v) is 7.52. The summed E-state index contributed by atoms with van der Waals surface area (Å²) in [6.07, 6.45) is -1.52. The first-order chi connectivity index (χ1) is 17.9. The Morgan fingerprint density at radius 2 is 1.76 bits per heavy atom. The topological polar surface area (TPSA) is 109 Å². The molecule has 13 heteroatoms. The molecule has 1 atom stereocenters. The van der Waals surface area contributed by atoms with Crippen LogP contribution in [-0.4, -0.2) is 66.5 Å². The van der Waals surface area contributed by atoms with Crippen LogP contribution in [0, 0.1) is 0 Å². The Labute approximate surface area is 221 Å². The third kappa shape index (κ3) is 8.42. The number of carbonyl (C=O) groups excluding carboxylic acids is 2. The molecule has 2 amide bonds. The predicted octanol–water partition coefficient (Wildman–Crippen LogP) is 3.50. The minimum absolute atomic E-state index is 0.0659. The van der Waals surface area contributed by atoms with Gasteiger partial charge in [0.1, 0.15) is 11.8 Å². The SMILES string of the molecule is CC.CCCc1ccc(CNC(=O)[C@H]2CN(C(C)=O)CCN2S(=O)(=O)c2ccc(OC(F)(F)F)cc2)cn1. The molecule has 0 bridgehead atoms. The number of rotatable bonds is 8. The van der Waals surface area contributed by atoms with Gasteiger partial charge in [-0.1, -0.05) is 33.3 Å². The molecule has 0 aliphatic carbocycles. The van der Waals surface area contributed by atoms with Crippen LogP contribution in [0.25, 0.3) is 0 Å². The molecule has 1 aliphatic rings. The molecule has 3 rings (SSSR count). The maximum atomic E-state index is 13.3. The van der Waals surface area contributed by atoms with Crippen molar-refractivity contribution in [2.45, 2.75) is 64.4 Å². The molecule has 1 saturated heterocycles. The summed E-state index contributed by atoms with van der Waals surface area (Å²) >= 11 is 0. The quantitative estimate of drug-likeness (QED) is 0.531. The van der Waals surface area contributed by atoms with Crippen LogP contribution in [0.4, 0.5) is 13.2 Å². The van der Waals surface area contributed by atoms with Gasteiger partial charge in [0.25, 0.3) is 0 Å². The van der Waals surface area contributed by atoms with E-state index in [1.807, 2.05) is 32.9 Å². The van der Waals surface area contributed by atoms with E-state index < -0.39 is 34.1 Å². The Kier molecular flexibility index (Phi) is 11.1. The minimum atomic E-state index is -4.92. The Morgan fingerprint density at radius 3 is 2.29 bits per heavy atom. The van der Waals surface area contributed by atoms with Crippen LogP contribution in [0.15, 0.2) is 47.5 Å². The van der Waals surface area contributed by atoms with Crippen molar-refractivity contribution < 1.29 is 35.9 Å². The molecule has 38 heavy (non-hydrogen) atoms. The van der Waals surface area contributed by atoms with Crippen LogP contribution in [-0.2, 0) is 32.6 Å². The van der Waals surface area contributed by atoms with Gasteiger partial charge >= 0.3 is 6.36 Å². The zero-order valence-electron chi connectivity index (χ0n) is 21.8. The summed E-state index contributed by atoms with van der Waals surface area (Å²) in [5.41, 5.74) is 1.64.